The van der Waals surface area contributed by atoms with E-state index in [1.807, 2.05) is 6.07 Å². The van der Waals surface area contributed by atoms with Crippen molar-refractivity contribution in [1.29, 1.82) is 5.26 Å². The topological polar surface area (TPSA) is 93.2 Å². The summed E-state index contributed by atoms with van der Waals surface area (Å²) in [5.41, 5.74) is -0.0327. The summed E-state index contributed by atoms with van der Waals surface area (Å²) in [5, 5.41) is 19.5. The number of carbonyl (C=O) groups is 1. The molecule has 1 aromatic carbocycles. The number of benzene rings is 1. The Kier molecular flexibility index (Phi) is 4.81. The summed E-state index contributed by atoms with van der Waals surface area (Å²) in [6.07, 6.45) is 0.885. The maximum atomic E-state index is 10.8. The lowest BCUT2D eigenvalue weighted by Crippen LogP contribution is -2.02. The molecule has 0 aliphatic carbocycles. The highest BCUT2D eigenvalue weighted by Crippen LogP contribution is 2.27. The first kappa shape index (κ1) is 13.6. The standard InChI is InChI=1S/C12H12N2O4/c1-9(15)3-2-6-18-12-5-4-10(8-13)7-11(12)14(16)17/h4-5,7H,2-3,6H2,1H3. The van der Waals surface area contributed by atoms with Crippen LogP contribution in [0.5, 0.6) is 5.75 Å². The molecule has 0 radical (unpaired) electrons. The molecular weight excluding hydrogens is 236 g/mol. The summed E-state index contributed by atoms with van der Waals surface area (Å²) in [6.45, 7) is 1.70. The number of nitrogens with zero attached hydrogens (tertiary/aromatic N) is 2. The largest absolute Gasteiger partial charge is 0.487 e. The molecule has 0 spiro atoms. The van der Waals surface area contributed by atoms with Gasteiger partial charge < -0.3 is 9.53 Å². The van der Waals surface area contributed by atoms with Crippen LogP contribution >= 0.6 is 0 Å². The Morgan fingerprint density at radius 2 is 2.28 bits per heavy atom. The molecule has 0 aliphatic rings. The van der Waals surface area contributed by atoms with Crippen molar-refractivity contribution in [3.63, 3.8) is 0 Å². The third-order valence-electron chi connectivity index (χ3n) is 2.22. The van der Waals surface area contributed by atoms with Gasteiger partial charge in [-0.1, -0.05) is 0 Å². The monoisotopic (exact) mass is 248 g/mol. The minimum atomic E-state index is -0.596. The molecule has 0 saturated carbocycles. The predicted octanol–water partition coefficient (Wildman–Crippen LogP) is 2.21. The van der Waals surface area contributed by atoms with Crippen molar-refractivity contribution in [2.24, 2.45) is 0 Å². The number of nitro benzene ring substituents is 1. The maximum Gasteiger partial charge on any atom is 0.312 e. The number of hydrogen-bond acceptors (Lipinski definition) is 5. The van der Waals surface area contributed by atoms with Crippen molar-refractivity contribution >= 4 is 11.5 Å². The van der Waals surface area contributed by atoms with Crippen LogP contribution in [0.15, 0.2) is 18.2 Å². The number of ether oxygens (including phenoxy) is 1. The SMILES string of the molecule is CC(=O)CCCOc1ccc(C#N)cc1[N+](=O)[O-]. The number of Topliss-reactive ketones (excluding diaryl/α,β-unsaturated/α-hetero) is 1. The molecule has 0 atom stereocenters. The van der Waals surface area contributed by atoms with Gasteiger partial charge in [-0.05, 0) is 25.5 Å². The molecule has 0 aromatic heterocycles. The molecule has 0 aliphatic heterocycles. The summed E-state index contributed by atoms with van der Waals surface area (Å²) >= 11 is 0. The number of carbonyl (C=O) groups excluding carboxylic acids is 1. The average Bonchev–Trinajstić information content (AvgIpc) is 2.34. The van der Waals surface area contributed by atoms with Crippen LogP contribution in [0.2, 0.25) is 0 Å². The lowest BCUT2D eigenvalue weighted by molar-refractivity contribution is -0.385. The van der Waals surface area contributed by atoms with Crippen LogP contribution in [-0.2, 0) is 4.79 Å². The highest BCUT2D eigenvalue weighted by Gasteiger charge is 2.15. The normalized spacial score (nSPS) is 9.56. The van der Waals surface area contributed by atoms with Gasteiger partial charge in [0.15, 0.2) is 5.75 Å². The number of nitriles is 1. The number of rotatable bonds is 6. The Labute approximate surface area is 104 Å². The van der Waals surface area contributed by atoms with E-state index < -0.39 is 4.92 Å². The van der Waals surface area contributed by atoms with E-state index in [1.54, 1.807) is 0 Å². The molecule has 6 nitrogen and oxygen atoms in total. The molecule has 0 N–H and O–H groups in total. The third-order valence-corrected chi connectivity index (χ3v) is 2.22. The first-order valence-corrected chi connectivity index (χ1v) is 5.35. The van der Waals surface area contributed by atoms with E-state index in [0.717, 1.165) is 0 Å². The van der Waals surface area contributed by atoms with Crippen LogP contribution in [0.3, 0.4) is 0 Å². The number of nitro groups is 1. The summed E-state index contributed by atoms with van der Waals surface area (Å²) in [7, 11) is 0. The first-order chi connectivity index (χ1) is 8.54. The fourth-order valence-corrected chi connectivity index (χ4v) is 1.35. The van der Waals surface area contributed by atoms with Crippen LogP contribution in [0.4, 0.5) is 5.69 Å². The molecule has 1 aromatic rings. The van der Waals surface area contributed by atoms with Gasteiger partial charge in [-0.3, -0.25) is 10.1 Å². The van der Waals surface area contributed by atoms with Gasteiger partial charge in [-0.15, -0.1) is 0 Å². The Balaban J connectivity index is 2.73. The molecule has 18 heavy (non-hydrogen) atoms. The molecule has 0 unspecified atom stereocenters. The van der Waals surface area contributed by atoms with Gasteiger partial charge in [0.05, 0.1) is 23.2 Å². The van der Waals surface area contributed by atoms with Crippen molar-refractivity contribution in [1.82, 2.24) is 0 Å². The van der Waals surface area contributed by atoms with Crippen LogP contribution < -0.4 is 4.74 Å². The molecule has 0 fully saturated rings. The second-order valence-corrected chi connectivity index (χ2v) is 3.71. The molecule has 1 rings (SSSR count). The minimum Gasteiger partial charge on any atom is -0.487 e. The fraction of sp³-hybridized carbons (Fsp3) is 0.333. The Hall–Kier alpha value is -2.42. The zero-order valence-corrected chi connectivity index (χ0v) is 9.88. The quantitative estimate of drug-likeness (QED) is 0.437. The summed E-state index contributed by atoms with van der Waals surface area (Å²) < 4.78 is 5.25. The fourth-order valence-electron chi connectivity index (χ4n) is 1.35. The van der Waals surface area contributed by atoms with Crippen molar-refractivity contribution in [2.45, 2.75) is 19.8 Å². The first-order valence-electron chi connectivity index (χ1n) is 5.35. The Morgan fingerprint density at radius 1 is 1.56 bits per heavy atom. The summed E-state index contributed by atoms with van der Waals surface area (Å²) in [4.78, 5) is 20.9. The van der Waals surface area contributed by atoms with Crippen molar-refractivity contribution in [3.05, 3.63) is 33.9 Å². The van der Waals surface area contributed by atoms with Crippen molar-refractivity contribution in [2.75, 3.05) is 6.61 Å². The second-order valence-electron chi connectivity index (χ2n) is 3.71. The Bertz CT molecular complexity index is 505. The molecule has 94 valence electrons. The molecular formula is C12H12N2O4. The van der Waals surface area contributed by atoms with E-state index in [2.05, 4.69) is 0 Å². The molecule has 0 bridgehead atoms. The summed E-state index contributed by atoms with van der Waals surface area (Å²) in [5.74, 6) is 0.162. The van der Waals surface area contributed by atoms with Gasteiger partial charge in [0.2, 0.25) is 0 Å². The predicted molar refractivity (Wildman–Crippen MR) is 63.2 cm³/mol. The molecule has 0 saturated heterocycles. The molecule has 0 amide bonds. The zero-order chi connectivity index (χ0) is 13.5. The lowest BCUT2D eigenvalue weighted by Gasteiger charge is -2.06. The van der Waals surface area contributed by atoms with Crippen molar-refractivity contribution < 1.29 is 14.5 Å². The van der Waals surface area contributed by atoms with E-state index in [9.17, 15) is 14.9 Å². The van der Waals surface area contributed by atoms with E-state index >= 15 is 0 Å². The van der Waals surface area contributed by atoms with Crippen LogP contribution in [-0.4, -0.2) is 17.3 Å². The van der Waals surface area contributed by atoms with Gasteiger partial charge >= 0.3 is 5.69 Å². The highest BCUT2D eigenvalue weighted by molar-refractivity contribution is 5.75. The van der Waals surface area contributed by atoms with Crippen molar-refractivity contribution in [3.8, 4) is 11.8 Å². The lowest BCUT2D eigenvalue weighted by atomic mass is 10.2. The van der Waals surface area contributed by atoms with Gasteiger partial charge in [-0.2, -0.15) is 5.26 Å². The van der Waals surface area contributed by atoms with Gasteiger partial charge in [-0.25, -0.2) is 0 Å². The van der Waals surface area contributed by atoms with Gasteiger partial charge in [0.1, 0.15) is 5.78 Å². The maximum absolute atomic E-state index is 10.8. The number of hydrogen-bond donors (Lipinski definition) is 0. The average molecular weight is 248 g/mol. The summed E-state index contributed by atoms with van der Waals surface area (Å²) in [6, 6.07) is 5.84. The minimum absolute atomic E-state index is 0.0490. The number of ketones is 1. The smallest absolute Gasteiger partial charge is 0.312 e. The zero-order valence-electron chi connectivity index (χ0n) is 9.88. The second kappa shape index (κ2) is 6.35. The van der Waals surface area contributed by atoms with Crippen LogP contribution in [0, 0.1) is 21.4 Å². The van der Waals surface area contributed by atoms with E-state index in [-0.39, 0.29) is 29.4 Å². The molecule has 6 heteroatoms. The van der Waals surface area contributed by atoms with E-state index in [1.165, 1.54) is 25.1 Å². The van der Waals surface area contributed by atoms with Crippen LogP contribution in [0.25, 0.3) is 0 Å². The van der Waals surface area contributed by atoms with Gasteiger partial charge in [0.25, 0.3) is 0 Å². The highest BCUT2D eigenvalue weighted by atomic mass is 16.6. The third kappa shape index (κ3) is 3.87. The van der Waals surface area contributed by atoms with E-state index in [4.69, 9.17) is 10.00 Å². The molecule has 0 heterocycles. The Morgan fingerprint density at radius 3 is 2.83 bits per heavy atom. The van der Waals surface area contributed by atoms with Crippen LogP contribution in [0.1, 0.15) is 25.3 Å². The van der Waals surface area contributed by atoms with Gasteiger partial charge in [0, 0.05) is 12.5 Å². The van der Waals surface area contributed by atoms with E-state index in [0.29, 0.717) is 12.8 Å².